The van der Waals surface area contributed by atoms with E-state index in [1.165, 1.54) is 17.0 Å². The largest absolute Gasteiger partial charge is 0.389 e. The second-order valence-electron chi connectivity index (χ2n) is 3.47. The topological polar surface area (TPSA) is 40.5 Å². The molecule has 5 heteroatoms. The Morgan fingerprint density at radius 3 is 2.80 bits per heavy atom. The van der Waals surface area contributed by atoms with Crippen LogP contribution < -0.4 is 0 Å². The quantitative estimate of drug-likeness (QED) is 0.841. The Balaban J connectivity index is 2.22. The van der Waals surface area contributed by atoms with Gasteiger partial charge in [-0.15, -0.1) is 0 Å². The van der Waals surface area contributed by atoms with E-state index in [1.54, 1.807) is 6.07 Å². The number of amides is 1. The van der Waals surface area contributed by atoms with E-state index in [1.807, 2.05) is 0 Å². The molecule has 0 atom stereocenters. The minimum atomic E-state index is -0.552. The molecule has 15 heavy (non-hydrogen) atoms. The number of hydrogen-bond donors (Lipinski definition) is 1. The predicted octanol–water partition coefficient (Wildman–Crippen LogP) is 1.40. The average Bonchev–Trinajstić information content (AvgIpc) is 2.16. The summed E-state index contributed by atoms with van der Waals surface area (Å²) < 4.78 is 13.8. The molecule has 1 aromatic carbocycles. The molecule has 1 N–H and O–H groups in total. The van der Waals surface area contributed by atoms with Gasteiger partial charge in [0.25, 0.3) is 5.91 Å². The SMILES string of the molecule is O=C(c1cccc(Br)c1F)N1CC(O)C1. The van der Waals surface area contributed by atoms with Crippen molar-refractivity contribution in [2.24, 2.45) is 0 Å². The van der Waals surface area contributed by atoms with Gasteiger partial charge in [-0.3, -0.25) is 4.79 Å². The number of benzene rings is 1. The monoisotopic (exact) mass is 273 g/mol. The first kappa shape index (κ1) is 10.6. The van der Waals surface area contributed by atoms with Crippen LogP contribution in [0.3, 0.4) is 0 Å². The van der Waals surface area contributed by atoms with E-state index >= 15 is 0 Å². The minimum Gasteiger partial charge on any atom is -0.389 e. The third-order valence-corrected chi connectivity index (χ3v) is 2.94. The standard InChI is InChI=1S/C10H9BrFNO2/c11-8-3-1-2-7(9(8)12)10(15)13-4-6(14)5-13/h1-3,6,14H,4-5H2. The maximum Gasteiger partial charge on any atom is 0.257 e. The molecular formula is C10H9BrFNO2. The maximum absolute atomic E-state index is 13.5. The zero-order valence-electron chi connectivity index (χ0n) is 7.78. The van der Waals surface area contributed by atoms with Gasteiger partial charge < -0.3 is 10.0 Å². The van der Waals surface area contributed by atoms with Crippen molar-refractivity contribution >= 4 is 21.8 Å². The highest BCUT2D eigenvalue weighted by atomic mass is 79.9. The number of rotatable bonds is 1. The molecule has 0 aliphatic carbocycles. The van der Waals surface area contributed by atoms with Crippen LogP contribution in [0.5, 0.6) is 0 Å². The molecule has 2 rings (SSSR count). The highest BCUT2D eigenvalue weighted by molar-refractivity contribution is 9.10. The minimum absolute atomic E-state index is 0.0382. The summed E-state index contributed by atoms with van der Waals surface area (Å²) in [6.45, 7) is 0.565. The molecular weight excluding hydrogens is 265 g/mol. The molecule has 1 heterocycles. The lowest BCUT2D eigenvalue weighted by Gasteiger charge is -2.35. The number of β-amino-alcohol motifs (C(OH)–C–C–N with tert-alkyl or cyclic N) is 1. The van der Waals surface area contributed by atoms with Gasteiger partial charge in [0, 0.05) is 13.1 Å². The summed E-state index contributed by atoms with van der Waals surface area (Å²) in [5.41, 5.74) is 0.0382. The van der Waals surface area contributed by atoms with Crippen LogP contribution in [-0.2, 0) is 0 Å². The number of aliphatic hydroxyl groups is 1. The highest BCUT2D eigenvalue weighted by Gasteiger charge is 2.30. The van der Waals surface area contributed by atoms with Crippen LogP contribution in [-0.4, -0.2) is 35.1 Å². The number of nitrogens with zero attached hydrogens (tertiary/aromatic N) is 1. The van der Waals surface area contributed by atoms with Crippen molar-refractivity contribution in [2.75, 3.05) is 13.1 Å². The van der Waals surface area contributed by atoms with Crippen molar-refractivity contribution in [1.29, 1.82) is 0 Å². The summed E-state index contributed by atoms with van der Waals surface area (Å²) in [7, 11) is 0. The van der Waals surface area contributed by atoms with E-state index in [0.717, 1.165) is 0 Å². The first-order valence-electron chi connectivity index (χ1n) is 4.51. The normalized spacial score (nSPS) is 16.3. The van der Waals surface area contributed by atoms with Crippen LogP contribution in [0.15, 0.2) is 22.7 Å². The van der Waals surface area contributed by atoms with E-state index < -0.39 is 11.9 Å². The summed E-state index contributed by atoms with van der Waals surface area (Å²) in [5, 5.41) is 9.04. The van der Waals surface area contributed by atoms with Crippen LogP contribution in [0.2, 0.25) is 0 Å². The lowest BCUT2D eigenvalue weighted by Crippen LogP contribution is -2.53. The molecule has 80 valence electrons. The second-order valence-corrected chi connectivity index (χ2v) is 4.32. The molecule has 0 bridgehead atoms. The van der Waals surface area contributed by atoms with Crippen LogP contribution in [0.4, 0.5) is 4.39 Å². The number of carbonyl (C=O) groups excluding carboxylic acids is 1. The third-order valence-electron chi connectivity index (χ3n) is 2.33. The summed E-state index contributed by atoms with van der Waals surface area (Å²) in [6, 6.07) is 4.58. The fraction of sp³-hybridized carbons (Fsp3) is 0.300. The van der Waals surface area contributed by atoms with Crippen molar-refractivity contribution in [3.8, 4) is 0 Å². The molecule has 1 saturated heterocycles. The molecule has 0 saturated carbocycles. The Morgan fingerprint density at radius 2 is 2.20 bits per heavy atom. The summed E-state index contributed by atoms with van der Waals surface area (Å²) in [5.74, 6) is -0.928. The Labute approximate surface area is 94.6 Å². The molecule has 0 aromatic heterocycles. The average molecular weight is 274 g/mol. The van der Waals surface area contributed by atoms with E-state index in [9.17, 15) is 9.18 Å². The third kappa shape index (κ3) is 1.89. The van der Waals surface area contributed by atoms with Crippen LogP contribution >= 0.6 is 15.9 Å². The summed E-state index contributed by atoms with van der Waals surface area (Å²) >= 11 is 3.02. The Kier molecular flexibility index (Phi) is 2.75. The molecule has 0 radical (unpaired) electrons. The first-order chi connectivity index (χ1) is 7.09. The van der Waals surface area contributed by atoms with Crippen molar-refractivity contribution in [1.82, 2.24) is 4.90 Å². The zero-order chi connectivity index (χ0) is 11.0. The van der Waals surface area contributed by atoms with E-state index in [2.05, 4.69) is 15.9 Å². The fourth-order valence-electron chi connectivity index (χ4n) is 1.46. The molecule has 1 amide bonds. The Hall–Kier alpha value is -0.940. The molecule has 1 aliphatic heterocycles. The number of carbonyl (C=O) groups is 1. The molecule has 1 aliphatic rings. The van der Waals surface area contributed by atoms with Crippen LogP contribution in [0.25, 0.3) is 0 Å². The number of aliphatic hydroxyl groups excluding tert-OH is 1. The zero-order valence-corrected chi connectivity index (χ0v) is 9.37. The Bertz CT molecular complexity index is 404. The van der Waals surface area contributed by atoms with Crippen LogP contribution in [0.1, 0.15) is 10.4 Å². The lowest BCUT2D eigenvalue weighted by atomic mass is 10.1. The summed E-state index contributed by atoms with van der Waals surface area (Å²) in [6.07, 6.45) is -0.468. The second kappa shape index (κ2) is 3.90. The number of likely N-dealkylation sites (tertiary alicyclic amines) is 1. The van der Waals surface area contributed by atoms with Gasteiger partial charge in [-0.1, -0.05) is 6.07 Å². The number of hydrogen-bond acceptors (Lipinski definition) is 2. The van der Waals surface area contributed by atoms with Crippen molar-refractivity contribution in [2.45, 2.75) is 6.10 Å². The van der Waals surface area contributed by atoms with E-state index in [4.69, 9.17) is 5.11 Å². The maximum atomic E-state index is 13.5. The van der Waals surface area contributed by atoms with Gasteiger partial charge in [0.2, 0.25) is 0 Å². The molecule has 0 unspecified atom stereocenters. The van der Waals surface area contributed by atoms with Crippen molar-refractivity contribution < 1.29 is 14.3 Å². The lowest BCUT2D eigenvalue weighted by molar-refractivity contribution is 0.00558. The van der Waals surface area contributed by atoms with Gasteiger partial charge in [0.15, 0.2) is 0 Å². The van der Waals surface area contributed by atoms with Crippen molar-refractivity contribution in [3.63, 3.8) is 0 Å². The molecule has 0 spiro atoms. The number of halogens is 2. The van der Waals surface area contributed by atoms with Crippen LogP contribution in [0, 0.1) is 5.82 Å². The molecule has 1 fully saturated rings. The Morgan fingerprint density at radius 1 is 1.53 bits per heavy atom. The first-order valence-corrected chi connectivity index (χ1v) is 5.30. The molecule has 1 aromatic rings. The van der Waals surface area contributed by atoms with E-state index in [-0.39, 0.29) is 29.0 Å². The van der Waals surface area contributed by atoms with Gasteiger partial charge >= 0.3 is 0 Å². The van der Waals surface area contributed by atoms with Gasteiger partial charge in [-0.2, -0.15) is 0 Å². The predicted molar refractivity (Wildman–Crippen MR) is 56.0 cm³/mol. The molecule has 3 nitrogen and oxygen atoms in total. The van der Waals surface area contributed by atoms with Crippen molar-refractivity contribution in [3.05, 3.63) is 34.1 Å². The highest BCUT2D eigenvalue weighted by Crippen LogP contribution is 2.21. The van der Waals surface area contributed by atoms with Gasteiger partial charge in [-0.25, -0.2) is 4.39 Å². The van der Waals surface area contributed by atoms with Gasteiger partial charge in [-0.05, 0) is 28.1 Å². The van der Waals surface area contributed by atoms with E-state index in [0.29, 0.717) is 0 Å². The van der Waals surface area contributed by atoms with Gasteiger partial charge in [0.1, 0.15) is 5.82 Å². The fourth-order valence-corrected chi connectivity index (χ4v) is 1.83. The summed E-state index contributed by atoms with van der Waals surface area (Å²) in [4.78, 5) is 13.1. The van der Waals surface area contributed by atoms with Gasteiger partial charge in [0.05, 0.1) is 16.1 Å². The smallest absolute Gasteiger partial charge is 0.257 e.